The molecule has 1 saturated heterocycles. The number of nitrogens with one attached hydrogen (secondary N) is 2. The molecule has 0 aromatic heterocycles. The number of guanidine groups is 1. The molecule has 2 N–H and O–H groups in total. The molecule has 1 aromatic rings. The van der Waals surface area contributed by atoms with Crippen molar-refractivity contribution in [3.8, 4) is 0 Å². The van der Waals surface area contributed by atoms with Gasteiger partial charge in [-0.3, -0.25) is 9.89 Å². The van der Waals surface area contributed by atoms with Gasteiger partial charge in [0.2, 0.25) is 0 Å². The van der Waals surface area contributed by atoms with E-state index in [1.807, 2.05) is 7.05 Å². The number of aryl methyl sites for hydroxylation is 1. The van der Waals surface area contributed by atoms with Crippen molar-refractivity contribution in [2.24, 2.45) is 10.9 Å². The second kappa shape index (κ2) is 10.4. The van der Waals surface area contributed by atoms with Crippen LogP contribution < -0.4 is 10.6 Å². The molecule has 0 radical (unpaired) electrons. The number of ether oxygens (including phenoxy) is 1. The van der Waals surface area contributed by atoms with Gasteiger partial charge in [0.05, 0.1) is 13.2 Å². The highest BCUT2D eigenvalue weighted by molar-refractivity contribution is 5.79. The Kier molecular flexibility index (Phi) is 8.22. The van der Waals surface area contributed by atoms with Crippen LogP contribution in [0.2, 0.25) is 0 Å². The largest absolute Gasteiger partial charge is 0.379 e. The average Bonchev–Trinajstić information content (AvgIpc) is 2.62. The smallest absolute Gasteiger partial charge is 0.191 e. The number of morpholine rings is 1. The van der Waals surface area contributed by atoms with Crippen molar-refractivity contribution in [1.82, 2.24) is 15.5 Å². The van der Waals surface area contributed by atoms with E-state index in [9.17, 15) is 0 Å². The minimum atomic E-state index is 0.516. The highest BCUT2D eigenvalue weighted by Gasteiger charge is 2.22. The first-order valence-electron chi connectivity index (χ1n) is 9.40. The quantitative estimate of drug-likeness (QED) is 0.588. The molecule has 1 fully saturated rings. The maximum atomic E-state index is 5.50. The van der Waals surface area contributed by atoms with Gasteiger partial charge in [0.15, 0.2) is 5.96 Å². The summed E-state index contributed by atoms with van der Waals surface area (Å²) in [5.41, 5.74) is 2.55. The summed E-state index contributed by atoms with van der Waals surface area (Å²) in [6, 6.07) is 9.12. The Balaban J connectivity index is 1.84. The SMILES string of the molecule is CN=C(NCc1ccc(C)cc1)NCC(CC(C)C)N1CCOCC1. The molecule has 25 heavy (non-hydrogen) atoms. The fourth-order valence-corrected chi connectivity index (χ4v) is 3.18. The molecule has 1 aliphatic rings. The second-order valence-electron chi connectivity index (χ2n) is 7.22. The minimum absolute atomic E-state index is 0.516. The summed E-state index contributed by atoms with van der Waals surface area (Å²) in [5.74, 6) is 1.54. The van der Waals surface area contributed by atoms with E-state index in [0.29, 0.717) is 12.0 Å². The maximum Gasteiger partial charge on any atom is 0.191 e. The molecule has 0 saturated carbocycles. The van der Waals surface area contributed by atoms with Crippen LogP contribution in [0.15, 0.2) is 29.3 Å². The van der Waals surface area contributed by atoms with Gasteiger partial charge >= 0.3 is 0 Å². The van der Waals surface area contributed by atoms with Crippen LogP contribution in [0, 0.1) is 12.8 Å². The highest BCUT2D eigenvalue weighted by atomic mass is 16.5. The molecule has 5 nitrogen and oxygen atoms in total. The molecule has 1 unspecified atom stereocenters. The summed E-state index contributed by atoms with van der Waals surface area (Å²) < 4.78 is 5.50. The van der Waals surface area contributed by atoms with E-state index < -0.39 is 0 Å². The molecule has 0 aliphatic carbocycles. The van der Waals surface area contributed by atoms with Crippen LogP contribution >= 0.6 is 0 Å². The molecule has 1 aromatic carbocycles. The van der Waals surface area contributed by atoms with Gasteiger partial charge in [-0.15, -0.1) is 0 Å². The summed E-state index contributed by atoms with van der Waals surface area (Å²) in [5, 5.41) is 6.92. The van der Waals surface area contributed by atoms with E-state index in [-0.39, 0.29) is 0 Å². The standard InChI is InChI=1S/C20H34N4O/c1-16(2)13-19(24-9-11-25-12-10-24)15-23-20(21-4)22-14-18-7-5-17(3)6-8-18/h5-8,16,19H,9-15H2,1-4H3,(H2,21,22,23). The molecule has 0 amide bonds. The fraction of sp³-hybridized carbons (Fsp3) is 0.650. The maximum absolute atomic E-state index is 5.50. The molecule has 0 spiro atoms. The van der Waals surface area contributed by atoms with Crippen LogP contribution in [-0.2, 0) is 11.3 Å². The molecule has 140 valence electrons. The second-order valence-corrected chi connectivity index (χ2v) is 7.22. The van der Waals surface area contributed by atoms with Gasteiger partial charge in [0.1, 0.15) is 0 Å². The molecule has 2 rings (SSSR count). The van der Waals surface area contributed by atoms with Crippen molar-refractivity contribution >= 4 is 5.96 Å². The van der Waals surface area contributed by atoms with Gasteiger partial charge in [-0.1, -0.05) is 43.7 Å². The van der Waals surface area contributed by atoms with E-state index in [2.05, 4.69) is 65.6 Å². The minimum Gasteiger partial charge on any atom is -0.379 e. The summed E-state index contributed by atoms with van der Waals surface area (Å²) in [6.07, 6.45) is 1.18. The van der Waals surface area contributed by atoms with Crippen LogP contribution in [0.25, 0.3) is 0 Å². The van der Waals surface area contributed by atoms with E-state index >= 15 is 0 Å². The first-order valence-corrected chi connectivity index (χ1v) is 9.40. The average molecular weight is 347 g/mol. The zero-order chi connectivity index (χ0) is 18.1. The first kappa shape index (κ1) is 19.7. The van der Waals surface area contributed by atoms with E-state index in [1.165, 1.54) is 17.5 Å². The topological polar surface area (TPSA) is 48.9 Å². The lowest BCUT2D eigenvalue weighted by atomic mass is 10.0. The first-order chi connectivity index (χ1) is 12.1. The fourth-order valence-electron chi connectivity index (χ4n) is 3.18. The zero-order valence-electron chi connectivity index (χ0n) is 16.2. The number of nitrogens with zero attached hydrogens (tertiary/aromatic N) is 2. The Morgan fingerprint density at radius 3 is 2.44 bits per heavy atom. The number of rotatable bonds is 7. The van der Waals surface area contributed by atoms with Crippen molar-refractivity contribution < 1.29 is 4.74 Å². The molecule has 1 aliphatic heterocycles. The molecule has 0 bridgehead atoms. The third-order valence-corrected chi connectivity index (χ3v) is 4.61. The Hall–Kier alpha value is -1.59. The monoisotopic (exact) mass is 346 g/mol. The molecule has 1 heterocycles. The predicted molar refractivity (Wildman–Crippen MR) is 105 cm³/mol. The summed E-state index contributed by atoms with van der Waals surface area (Å²) >= 11 is 0. The number of benzene rings is 1. The van der Waals surface area contributed by atoms with Crippen LogP contribution in [-0.4, -0.2) is 56.8 Å². The van der Waals surface area contributed by atoms with Crippen LogP contribution in [0.1, 0.15) is 31.4 Å². The Labute approximate surface area is 152 Å². The van der Waals surface area contributed by atoms with Crippen molar-refractivity contribution in [3.05, 3.63) is 35.4 Å². The van der Waals surface area contributed by atoms with Crippen LogP contribution in [0.3, 0.4) is 0 Å². The molecular weight excluding hydrogens is 312 g/mol. The van der Waals surface area contributed by atoms with E-state index in [1.54, 1.807) is 0 Å². The normalized spacial score (nSPS) is 17.6. The van der Waals surface area contributed by atoms with Crippen molar-refractivity contribution in [1.29, 1.82) is 0 Å². The lowest BCUT2D eigenvalue weighted by Crippen LogP contribution is -2.50. The van der Waals surface area contributed by atoms with Gasteiger partial charge in [-0.2, -0.15) is 0 Å². The molecule has 5 heteroatoms. The van der Waals surface area contributed by atoms with Gasteiger partial charge in [0, 0.05) is 39.3 Å². The Morgan fingerprint density at radius 1 is 1.16 bits per heavy atom. The Bertz CT molecular complexity index is 521. The zero-order valence-corrected chi connectivity index (χ0v) is 16.2. The number of hydrogen-bond donors (Lipinski definition) is 2. The predicted octanol–water partition coefficient (Wildman–Crippen LogP) is 2.41. The van der Waals surface area contributed by atoms with E-state index in [4.69, 9.17) is 4.74 Å². The van der Waals surface area contributed by atoms with Gasteiger partial charge < -0.3 is 15.4 Å². The lowest BCUT2D eigenvalue weighted by molar-refractivity contribution is 0.0132. The summed E-state index contributed by atoms with van der Waals surface area (Å²) in [7, 11) is 1.83. The van der Waals surface area contributed by atoms with Crippen molar-refractivity contribution in [2.75, 3.05) is 39.9 Å². The Morgan fingerprint density at radius 2 is 1.84 bits per heavy atom. The van der Waals surface area contributed by atoms with Crippen LogP contribution in [0.5, 0.6) is 0 Å². The van der Waals surface area contributed by atoms with Crippen molar-refractivity contribution in [2.45, 2.75) is 39.8 Å². The summed E-state index contributed by atoms with van der Waals surface area (Å²) in [4.78, 5) is 6.91. The van der Waals surface area contributed by atoms with Crippen LogP contribution in [0.4, 0.5) is 0 Å². The van der Waals surface area contributed by atoms with Gasteiger partial charge in [0.25, 0.3) is 0 Å². The number of aliphatic imine (C=N–C) groups is 1. The molecular formula is C20H34N4O. The lowest BCUT2D eigenvalue weighted by Gasteiger charge is -2.35. The van der Waals surface area contributed by atoms with E-state index in [0.717, 1.165) is 45.4 Å². The third-order valence-electron chi connectivity index (χ3n) is 4.61. The third kappa shape index (κ3) is 7.04. The van der Waals surface area contributed by atoms with Gasteiger partial charge in [-0.05, 0) is 24.8 Å². The highest BCUT2D eigenvalue weighted by Crippen LogP contribution is 2.13. The van der Waals surface area contributed by atoms with Gasteiger partial charge in [-0.25, -0.2) is 0 Å². The number of hydrogen-bond acceptors (Lipinski definition) is 3. The van der Waals surface area contributed by atoms with Crippen molar-refractivity contribution in [3.63, 3.8) is 0 Å². The summed E-state index contributed by atoms with van der Waals surface area (Å²) in [6.45, 7) is 12.1. The molecule has 1 atom stereocenters.